The van der Waals surface area contributed by atoms with E-state index in [-0.39, 0.29) is 28.6 Å². The molecule has 25 heavy (non-hydrogen) atoms. The van der Waals surface area contributed by atoms with E-state index in [1.54, 1.807) is 24.5 Å². The Labute approximate surface area is 171 Å². The fraction of sp³-hybridized carbons (Fsp3) is 0. The van der Waals surface area contributed by atoms with Gasteiger partial charge in [-0.1, -0.05) is 67.6 Å². The standard InChI is InChI=1S/2C9H6BrNO.Cu/c2*10-7-3-4-8(12)9-6(7)2-1-5-11-9;/h2*1-5,12H;/q;;+2/p-2. The van der Waals surface area contributed by atoms with Gasteiger partial charge in [-0.3, -0.25) is 9.97 Å². The van der Waals surface area contributed by atoms with Gasteiger partial charge in [0, 0.05) is 32.1 Å². The maximum atomic E-state index is 11.2. The fourth-order valence-electron chi connectivity index (χ4n) is 2.22. The molecule has 0 N–H and O–H groups in total. The van der Waals surface area contributed by atoms with Gasteiger partial charge in [0.25, 0.3) is 0 Å². The first-order chi connectivity index (χ1) is 11.6. The predicted octanol–water partition coefficient (Wildman–Crippen LogP) is 4.14. The molecule has 129 valence electrons. The van der Waals surface area contributed by atoms with Crippen molar-refractivity contribution < 1.29 is 27.3 Å². The minimum atomic E-state index is -0.0335. The Morgan fingerprint density at radius 1 is 0.640 bits per heavy atom. The molecule has 0 aliphatic carbocycles. The van der Waals surface area contributed by atoms with E-state index in [4.69, 9.17) is 0 Å². The van der Waals surface area contributed by atoms with Gasteiger partial charge in [-0.15, -0.1) is 0 Å². The average Bonchev–Trinajstić information content (AvgIpc) is 2.63. The molecule has 4 rings (SSSR count). The molecular weight excluding hydrogens is 500 g/mol. The van der Waals surface area contributed by atoms with Crippen molar-refractivity contribution >= 4 is 53.7 Å². The van der Waals surface area contributed by atoms with Crippen LogP contribution in [0.25, 0.3) is 21.8 Å². The van der Waals surface area contributed by atoms with Gasteiger partial charge >= 0.3 is 17.1 Å². The molecule has 0 aliphatic heterocycles. The number of nitrogens with zero attached hydrogens (tertiary/aromatic N) is 2. The summed E-state index contributed by atoms with van der Waals surface area (Å²) in [5.74, 6) is -0.0670. The second-order valence-corrected chi connectivity index (χ2v) is 6.60. The van der Waals surface area contributed by atoms with Crippen LogP contribution in [0.4, 0.5) is 0 Å². The molecule has 0 spiro atoms. The molecule has 0 amide bonds. The summed E-state index contributed by atoms with van der Waals surface area (Å²) in [5, 5.41) is 24.2. The zero-order valence-electron chi connectivity index (χ0n) is 12.5. The molecule has 0 aliphatic rings. The zero-order valence-corrected chi connectivity index (χ0v) is 16.7. The number of hydrogen-bond acceptors (Lipinski definition) is 4. The first kappa shape index (κ1) is 19.7. The van der Waals surface area contributed by atoms with Gasteiger partial charge in [0.2, 0.25) is 0 Å². The van der Waals surface area contributed by atoms with Crippen LogP contribution in [-0.4, -0.2) is 9.97 Å². The third-order valence-corrected chi connectivity index (χ3v) is 4.74. The molecule has 7 heteroatoms. The average molecular weight is 510 g/mol. The quantitative estimate of drug-likeness (QED) is 0.334. The van der Waals surface area contributed by atoms with Crippen LogP contribution in [0.1, 0.15) is 0 Å². The maximum absolute atomic E-state index is 11.2. The number of pyridine rings is 2. The van der Waals surface area contributed by atoms with E-state index < -0.39 is 0 Å². The smallest absolute Gasteiger partial charge is 0.871 e. The Morgan fingerprint density at radius 2 is 1.04 bits per heavy atom. The molecule has 0 saturated heterocycles. The molecule has 4 aromatic rings. The van der Waals surface area contributed by atoms with Crippen molar-refractivity contribution in [3.63, 3.8) is 0 Å². The van der Waals surface area contributed by atoms with Gasteiger partial charge in [-0.2, -0.15) is 0 Å². The molecule has 0 saturated carbocycles. The van der Waals surface area contributed by atoms with Gasteiger partial charge in [0.1, 0.15) is 0 Å². The maximum Gasteiger partial charge on any atom is 2.00 e. The van der Waals surface area contributed by atoms with Gasteiger partial charge in [-0.05, 0) is 24.3 Å². The van der Waals surface area contributed by atoms with Gasteiger partial charge in [0.05, 0.1) is 11.0 Å². The molecule has 4 nitrogen and oxygen atoms in total. The Kier molecular flexibility index (Phi) is 6.78. The Morgan fingerprint density at radius 3 is 1.40 bits per heavy atom. The van der Waals surface area contributed by atoms with Crippen molar-refractivity contribution in [2.75, 3.05) is 0 Å². The number of rotatable bonds is 0. The Hall–Kier alpha value is -1.66. The fourth-order valence-corrected chi connectivity index (χ4v) is 3.13. The first-order valence-electron chi connectivity index (χ1n) is 6.98. The summed E-state index contributed by atoms with van der Waals surface area (Å²) in [6, 6.07) is 13.9. The van der Waals surface area contributed by atoms with Crippen LogP contribution in [0.5, 0.6) is 11.5 Å². The van der Waals surface area contributed by atoms with Crippen molar-refractivity contribution in [1.29, 1.82) is 0 Å². The molecule has 0 fully saturated rings. The molecule has 0 bridgehead atoms. The second kappa shape index (κ2) is 8.63. The monoisotopic (exact) mass is 507 g/mol. The van der Waals surface area contributed by atoms with Crippen LogP contribution in [0.15, 0.2) is 69.9 Å². The number of hydrogen-bond donors (Lipinski definition) is 0. The van der Waals surface area contributed by atoms with Crippen molar-refractivity contribution in [2.45, 2.75) is 0 Å². The van der Waals surface area contributed by atoms with Crippen LogP contribution in [0, 0.1) is 0 Å². The van der Waals surface area contributed by atoms with E-state index in [1.807, 2.05) is 24.3 Å². The van der Waals surface area contributed by atoms with Crippen LogP contribution >= 0.6 is 31.9 Å². The van der Waals surface area contributed by atoms with Gasteiger partial charge < -0.3 is 10.2 Å². The summed E-state index contributed by atoms with van der Waals surface area (Å²) in [6.07, 6.45) is 3.24. The van der Waals surface area contributed by atoms with Crippen molar-refractivity contribution in [3.05, 3.63) is 69.9 Å². The van der Waals surface area contributed by atoms with Crippen molar-refractivity contribution in [1.82, 2.24) is 9.97 Å². The van der Waals surface area contributed by atoms with Crippen LogP contribution in [0.2, 0.25) is 0 Å². The van der Waals surface area contributed by atoms with E-state index in [9.17, 15) is 10.2 Å². The molecule has 2 aromatic heterocycles. The molecule has 0 unspecified atom stereocenters. The largest absolute Gasteiger partial charge is 2.00 e. The van der Waals surface area contributed by atoms with Crippen LogP contribution in [-0.2, 0) is 17.1 Å². The molecule has 2 heterocycles. The number of benzene rings is 2. The molecule has 2 aromatic carbocycles. The summed E-state index contributed by atoms with van der Waals surface area (Å²) in [4.78, 5) is 8.00. The molecular formula is C18H10Br2CuN2O2. The minimum absolute atomic E-state index is 0. The summed E-state index contributed by atoms with van der Waals surface area (Å²) < 4.78 is 1.82. The number of halogens is 2. The topological polar surface area (TPSA) is 71.9 Å². The van der Waals surface area contributed by atoms with E-state index in [0.717, 1.165) is 19.7 Å². The van der Waals surface area contributed by atoms with Crippen molar-refractivity contribution in [2.24, 2.45) is 0 Å². The van der Waals surface area contributed by atoms with Crippen LogP contribution in [0.3, 0.4) is 0 Å². The third-order valence-electron chi connectivity index (χ3n) is 3.36. The third kappa shape index (κ3) is 4.30. The summed E-state index contributed by atoms with van der Waals surface area (Å²) in [5.41, 5.74) is 1.04. The second-order valence-electron chi connectivity index (χ2n) is 4.89. The van der Waals surface area contributed by atoms with E-state index >= 15 is 0 Å². The van der Waals surface area contributed by atoms with E-state index in [0.29, 0.717) is 11.0 Å². The summed E-state index contributed by atoms with van der Waals surface area (Å²) >= 11 is 6.70. The van der Waals surface area contributed by atoms with E-state index in [1.165, 1.54) is 12.1 Å². The van der Waals surface area contributed by atoms with Gasteiger partial charge in [0.15, 0.2) is 0 Å². The summed E-state index contributed by atoms with van der Waals surface area (Å²) in [6.45, 7) is 0. The normalized spacial score (nSPS) is 10.0. The first-order valence-corrected chi connectivity index (χ1v) is 8.57. The Bertz CT molecular complexity index is 864. The number of aromatic nitrogens is 2. The SMILES string of the molecule is [Cu+2].[O-]c1ccc(Br)c2cccnc12.[O-]c1ccc(Br)c2cccnc12. The van der Waals surface area contributed by atoms with Crippen LogP contribution < -0.4 is 10.2 Å². The van der Waals surface area contributed by atoms with Crippen molar-refractivity contribution in [3.8, 4) is 11.5 Å². The zero-order chi connectivity index (χ0) is 17.1. The number of fused-ring (bicyclic) bond motifs is 2. The minimum Gasteiger partial charge on any atom is -0.871 e. The molecule has 0 atom stereocenters. The summed E-state index contributed by atoms with van der Waals surface area (Å²) in [7, 11) is 0. The Balaban J connectivity index is 0.000000173. The predicted molar refractivity (Wildman–Crippen MR) is 97.8 cm³/mol. The van der Waals surface area contributed by atoms with E-state index in [2.05, 4.69) is 41.8 Å². The van der Waals surface area contributed by atoms with Gasteiger partial charge in [-0.25, -0.2) is 0 Å². The molecule has 1 radical (unpaired) electrons.